The van der Waals surface area contributed by atoms with Crippen LogP contribution in [0.15, 0.2) is 76.1 Å². The van der Waals surface area contributed by atoms with Crippen molar-refractivity contribution in [3.63, 3.8) is 0 Å². The van der Waals surface area contributed by atoms with E-state index in [9.17, 15) is 25.0 Å². The Morgan fingerprint density at radius 1 is 1.03 bits per heavy atom. The Balaban J connectivity index is 1.73. The summed E-state index contributed by atoms with van der Waals surface area (Å²) in [5.41, 5.74) is 2.27. The minimum Gasteiger partial charge on any atom is -0.267 e. The first-order chi connectivity index (χ1) is 14.4. The molecule has 0 atom stereocenters. The fraction of sp³-hybridized carbons (Fsp3) is 0. The van der Waals surface area contributed by atoms with E-state index in [0.717, 1.165) is 17.8 Å². The van der Waals surface area contributed by atoms with Crippen LogP contribution in [0.5, 0.6) is 0 Å². The Morgan fingerprint density at radius 3 is 2.50 bits per heavy atom. The molecular weight excluding hydrogens is 412 g/mol. The Hall–Kier alpha value is -4.19. The molecule has 0 saturated carbocycles. The molecule has 1 amide bonds. The zero-order valence-electron chi connectivity index (χ0n) is 15.0. The van der Waals surface area contributed by atoms with Crippen LogP contribution in [0.4, 0.5) is 11.4 Å². The van der Waals surface area contributed by atoms with E-state index in [-0.39, 0.29) is 16.9 Å². The van der Waals surface area contributed by atoms with E-state index in [1.165, 1.54) is 48.9 Å². The van der Waals surface area contributed by atoms with Crippen molar-refractivity contribution in [2.45, 2.75) is 10.1 Å². The molecule has 0 spiro atoms. The minimum atomic E-state index is -0.655. The lowest BCUT2D eigenvalue weighted by Gasteiger charge is -2.03. The van der Waals surface area contributed by atoms with Gasteiger partial charge >= 0.3 is 0 Å². The van der Waals surface area contributed by atoms with E-state index in [1.54, 1.807) is 12.1 Å². The van der Waals surface area contributed by atoms with E-state index < -0.39 is 15.8 Å². The first-order valence-electron chi connectivity index (χ1n) is 8.25. The van der Waals surface area contributed by atoms with Crippen molar-refractivity contribution in [1.82, 2.24) is 15.4 Å². The van der Waals surface area contributed by atoms with Crippen molar-refractivity contribution in [1.29, 1.82) is 0 Å². The number of rotatable bonds is 7. The SMILES string of the molecule is O=C(N/N=C/c1ccc(Sc2ncccn2)c([N+](=O)[O-])c1)c1cccc([N+](=O)[O-])c1. The van der Waals surface area contributed by atoms with Crippen LogP contribution in [0.2, 0.25) is 0 Å². The van der Waals surface area contributed by atoms with E-state index in [1.807, 2.05) is 0 Å². The first kappa shape index (κ1) is 20.5. The lowest BCUT2D eigenvalue weighted by atomic mass is 10.2. The van der Waals surface area contributed by atoms with Crippen molar-refractivity contribution < 1.29 is 14.6 Å². The van der Waals surface area contributed by atoms with Gasteiger partial charge in [0.1, 0.15) is 0 Å². The van der Waals surface area contributed by atoms with E-state index in [4.69, 9.17) is 0 Å². The van der Waals surface area contributed by atoms with Crippen LogP contribution in [0, 0.1) is 20.2 Å². The Kier molecular flexibility index (Phi) is 6.39. The number of nitrogens with one attached hydrogen (secondary N) is 1. The van der Waals surface area contributed by atoms with Crippen LogP contribution in [-0.2, 0) is 0 Å². The number of nitro groups is 2. The molecule has 0 aliphatic carbocycles. The molecular formula is C18H12N6O5S. The molecule has 0 fully saturated rings. The third kappa shape index (κ3) is 5.20. The zero-order chi connectivity index (χ0) is 21.5. The maximum Gasteiger partial charge on any atom is 0.283 e. The van der Waals surface area contributed by atoms with Crippen LogP contribution in [0.1, 0.15) is 15.9 Å². The Bertz CT molecular complexity index is 1140. The average Bonchev–Trinajstić information content (AvgIpc) is 2.75. The number of hydrazone groups is 1. The molecule has 1 heterocycles. The number of nitro benzene ring substituents is 2. The highest BCUT2D eigenvalue weighted by molar-refractivity contribution is 7.99. The van der Waals surface area contributed by atoms with Gasteiger partial charge in [0.25, 0.3) is 17.3 Å². The molecule has 0 unspecified atom stereocenters. The highest BCUT2D eigenvalue weighted by atomic mass is 32.2. The fourth-order valence-corrected chi connectivity index (χ4v) is 3.07. The summed E-state index contributed by atoms with van der Waals surface area (Å²) in [6.07, 6.45) is 4.30. The second-order valence-corrected chi connectivity index (χ2v) is 6.63. The Morgan fingerprint density at radius 2 is 1.80 bits per heavy atom. The van der Waals surface area contributed by atoms with Crippen LogP contribution in [0.3, 0.4) is 0 Å². The van der Waals surface area contributed by atoms with Gasteiger partial charge in [-0.25, -0.2) is 15.4 Å². The van der Waals surface area contributed by atoms with Crippen LogP contribution in [0.25, 0.3) is 0 Å². The van der Waals surface area contributed by atoms with Crippen molar-refractivity contribution in [3.05, 3.63) is 92.3 Å². The lowest BCUT2D eigenvalue weighted by Crippen LogP contribution is -2.17. The molecule has 0 bridgehead atoms. The van der Waals surface area contributed by atoms with Gasteiger partial charge in [0.05, 0.1) is 21.0 Å². The summed E-state index contributed by atoms with van der Waals surface area (Å²) in [7, 11) is 0. The summed E-state index contributed by atoms with van der Waals surface area (Å²) in [6.45, 7) is 0. The van der Waals surface area contributed by atoms with Crippen molar-refractivity contribution in [2.24, 2.45) is 5.10 Å². The van der Waals surface area contributed by atoms with Crippen LogP contribution < -0.4 is 5.43 Å². The number of aromatic nitrogens is 2. The number of amides is 1. The molecule has 1 N–H and O–H groups in total. The third-order valence-electron chi connectivity index (χ3n) is 3.62. The highest BCUT2D eigenvalue weighted by Gasteiger charge is 2.16. The van der Waals surface area contributed by atoms with Crippen LogP contribution >= 0.6 is 11.8 Å². The van der Waals surface area contributed by atoms with Crippen molar-refractivity contribution in [2.75, 3.05) is 0 Å². The standard InChI is InChI=1S/C18H12N6O5S/c25-17(13-3-1-4-14(10-13)23(26)27)22-21-11-12-5-6-16(15(9-12)24(28)29)30-18-19-7-2-8-20-18/h1-11H,(H,22,25)/b21-11+. The monoisotopic (exact) mass is 424 g/mol. The number of hydrogen-bond donors (Lipinski definition) is 1. The minimum absolute atomic E-state index is 0.0574. The second kappa shape index (κ2) is 9.34. The van der Waals surface area contributed by atoms with Gasteiger partial charge in [-0.3, -0.25) is 25.0 Å². The zero-order valence-corrected chi connectivity index (χ0v) is 15.9. The summed E-state index contributed by atoms with van der Waals surface area (Å²) in [6, 6.07) is 11.2. The molecule has 3 rings (SSSR count). The van der Waals surface area contributed by atoms with Crippen LogP contribution in [-0.4, -0.2) is 31.9 Å². The maximum absolute atomic E-state index is 12.1. The predicted molar refractivity (Wildman–Crippen MR) is 107 cm³/mol. The molecule has 0 aliphatic rings. The van der Waals surface area contributed by atoms with E-state index in [2.05, 4.69) is 20.5 Å². The quantitative estimate of drug-likeness (QED) is 0.262. The summed E-state index contributed by atoms with van der Waals surface area (Å²) >= 11 is 1.05. The van der Waals surface area contributed by atoms with E-state index in [0.29, 0.717) is 15.6 Å². The topological polar surface area (TPSA) is 154 Å². The number of carbonyl (C=O) groups is 1. The fourth-order valence-electron chi connectivity index (χ4n) is 2.27. The lowest BCUT2D eigenvalue weighted by molar-refractivity contribution is -0.387. The number of hydrogen-bond acceptors (Lipinski definition) is 9. The predicted octanol–water partition coefficient (Wildman–Crippen LogP) is 3.21. The second-order valence-electron chi connectivity index (χ2n) is 5.62. The highest BCUT2D eigenvalue weighted by Crippen LogP contribution is 2.33. The molecule has 0 aliphatic heterocycles. The van der Waals surface area contributed by atoms with Crippen molar-refractivity contribution >= 4 is 35.3 Å². The molecule has 3 aromatic rings. The summed E-state index contributed by atoms with van der Waals surface area (Å²) in [5.74, 6) is -0.655. The summed E-state index contributed by atoms with van der Waals surface area (Å²) in [4.78, 5) is 41.5. The van der Waals surface area contributed by atoms with Crippen molar-refractivity contribution in [3.8, 4) is 0 Å². The summed E-state index contributed by atoms with van der Waals surface area (Å²) in [5, 5.41) is 26.3. The molecule has 0 saturated heterocycles. The average molecular weight is 424 g/mol. The smallest absolute Gasteiger partial charge is 0.267 e. The number of benzene rings is 2. The molecule has 12 heteroatoms. The Labute approximate surface area is 173 Å². The van der Waals surface area contributed by atoms with Gasteiger partial charge in [-0.2, -0.15) is 5.10 Å². The van der Waals surface area contributed by atoms with E-state index >= 15 is 0 Å². The number of nitrogens with zero attached hydrogens (tertiary/aromatic N) is 5. The summed E-state index contributed by atoms with van der Waals surface area (Å²) < 4.78 is 0. The molecule has 11 nitrogen and oxygen atoms in total. The molecule has 2 aromatic carbocycles. The van der Waals surface area contributed by atoms with Gasteiger partial charge in [0.2, 0.25) is 0 Å². The van der Waals surface area contributed by atoms with Gasteiger partial charge in [0.15, 0.2) is 5.16 Å². The maximum atomic E-state index is 12.1. The largest absolute Gasteiger partial charge is 0.283 e. The first-order valence-corrected chi connectivity index (χ1v) is 9.07. The normalized spacial score (nSPS) is 10.7. The number of carbonyl (C=O) groups excluding carboxylic acids is 1. The number of non-ortho nitro benzene ring substituents is 1. The van der Waals surface area contributed by atoms with Gasteiger partial charge in [-0.1, -0.05) is 12.1 Å². The molecule has 0 radical (unpaired) electrons. The molecule has 150 valence electrons. The van der Waals surface area contributed by atoms with Gasteiger partial charge in [0, 0.05) is 41.7 Å². The van der Waals surface area contributed by atoms with Gasteiger partial charge in [-0.15, -0.1) is 0 Å². The third-order valence-corrected chi connectivity index (χ3v) is 4.58. The molecule has 1 aromatic heterocycles. The molecule has 30 heavy (non-hydrogen) atoms. The van der Waals surface area contributed by atoms with Gasteiger partial charge < -0.3 is 0 Å². The van der Waals surface area contributed by atoms with Gasteiger partial charge in [-0.05, 0) is 30.0 Å².